The Morgan fingerprint density at radius 3 is 2.12 bits per heavy atom. The second kappa shape index (κ2) is 7.11. The lowest BCUT2D eigenvalue weighted by Gasteiger charge is -2.24. The Morgan fingerprint density at radius 2 is 1.58 bits per heavy atom. The molecule has 6 heteroatoms. The molecule has 2 aromatic carbocycles. The molecule has 1 amide bonds. The molecule has 0 aromatic heterocycles. The summed E-state index contributed by atoms with van der Waals surface area (Å²) in [4.78, 5) is 12.6. The van der Waals surface area contributed by atoms with Crippen molar-refractivity contribution in [3.63, 3.8) is 0 Å². The van der Waals surface area contributed by atoms with Crippen molar-refractivity contribution in [1.29, 1.82) is 0 Å². The number of nitrogens with zero attached hydrogens (tertiary/aromatic N) is 1. The second-order valence-electron chi connectivity index (χ2n) is 7.49. The summed E-state index contributed by atoms with van der Waals surface area (Å²) in [6.07, 6.45) is 0. The number of hydrogen-bond acceptors (Lipinski definition) is 3. The maximum absolute atomic E-state index is 12.9. The van der Waals surface area contributed by atoms with E-state index in [0.717, 1.165) is 11.1 Å². The van der Waals surface area contributed by atoms with Gasteiger partial charge in [0.05, 0.1) is 10.6 Å². The van der Waals surface area contributed by atoms with Crippen LogP contribution in [-0.4, -0.2) is 26.9 Å². The first kappa shape index (κ1) is 20.0. The van der Waals surface area contributed by atoms with Gasteiger partial charge in [0, 0.05) is 18.2 Å². The molecule has 0 unspecified atom stereocenters. The van der Waals surface area contributed by atoms with Crippen LogP contribution in [0.15, 0.2) is 47.4 Å². The van der Waals surface area contributed by atoms with E-state index >= 15 is 0 Å². The van der Waals surface area contributed by atoms with Crippen LogP contribution in [0.5, 0.6) is 0 Å². The van der Waals surface area contributed by atoms with Gasteiger partial charge in [-0.15, -0.1) is 0 Å². The van der Waals surface area contributed by atoms with E-state index in [4.69, 9.17) is 0 Å². The lowest BCUT2D eigenvalue weighted by molar-refractivity contribution is 0.0919. The molecule has 0 heterocycles. The van der Waals surface area contributed by atoms with Gasteiger partial charge in [-0.05, 0) is 64.4 Å². The third-order valence-electron chi connectivity index (χ3n) is 3.98. The summed E-state index contributed by atoms with van der Waals surface area (Å²) >= 11 is 0. The minimum Gasteiger partial charge on any atom is -0.347 e. The molecule has 2 aromatic rings. The van der Waals surface area contributed by atoms with Gasteiger partial charge in [0.25, 0.3) is 15.9 Å². The van der Waals surface area contributed by atoms with Gasteiger partial charge in [-0.2, -0.15) is 0 Å². The summed E-state index contributed by atoms with van der Waals surface area (Å²) in [7, 11) is -2.20. The van der Waals surface area contributed by atoms with E-state index in [0.29, 0.717) is 11.3 Å². The van der Waals surface area contributed by atoms with E-state index in [1.54, 1.807) is 42.5 Å². The molecule has 0 aliphatic heterocycles. The first-order valence-corrected chi connectivity index (χ1v) is 9.84. The van der Waals surface area contributed by atoms with Crippen LogP contribution in [0.4, 0.5) is 5.69 Å². The smallest absolute Gasteiger partial charge is 0.264 e. The molecule has 0 saturated heterocycles. The Labute approximate surface area is 156 Å². The van der Waals surface area contributed by atoms with Gasteiger partial charge in [-0.25, -0.2) is 8.42 Å². The largest absolute Gasteiger partial charge is 0.347 e. The van der Waals surface area contributed by atoms with E-state index in [2.05, 4.69) is 5.32 Å². The van der Waals surface area contributed by atoms with Crippen LogP contribution in [0.25, 0.3) is 0 Å². The summed E-state index contributed by atoms with van der Waals surface area (Å²) in [5.74, 6) is -0.236. The minimum atomic E-state index is -3.71. The highest BCUT2D eigenvalue weighted by Gasteiger charge is 2.24. The lowest BCUT2D eigenvalue weighted by Crippen LogP contribution is -2.40. The van der Waals surface area contributed by atoms with Crippen LogP contribution < -0.4 is 9.62 Å². The zero-order chi connectivity index (χ0) is 19.7. The van der Waals surface area contributed by atoms with Crippen LogP contribution >= 0.6 is 0 Å². The molecule has 0 aliphatic carbocycles. The standard InChI is InChI=1S/C20H26N2O3S/c1-14-7-11-17(12-8-14)26(24,25)22(6)18-13-16(10-9-15(18)2)19(23)21-20(3,4)5/h7-13H,1-6H3,(H,21,23). The summed E-state index contributed by atoms with van der Waals surface area (Å²) in [6.45, 7) is 9.42. The molecule has 0 atom stereocenters. The first-order chi connectivity index (χ1) is 11.9. The van der Waals surface area contributed by atoms with Crippen molar-refractivity contribution in [3.8, 4) is 0 Å². The molecule has 0 saturated carbocycles. The predicted octanol–water partition coefficient (Wildman–Crippen LogP) is 3.66. The van der Waals surface area contributed by atoms with E-state index in [1.807, 2.05) is 34.6 Å². The fourth-order valence-electron chi connectivity index (χ4n) is 2.50. The molecule has 0 bridgehead atoms. The normalized spacial score (nSPS) is 11.9. The highest BCUT2D eigenvalue weighted by atomic mass is 32.2. The Hall–Kier alpha value is -2.34. The van der Waals surface area contributed by atoms with E-state index in [1.165, 1.54) is 11.4 Å². The number of aryl methyl sites for hydroxylation is 2. The summed E-state index contributed by atoms with van der Waals surface area (Å²) in [5.41, 5.74) is 2.29. The number of hydrogen-bond donors (Lipinski definition) is 1. The monoisotopic (exact) mass is 374 g/mol. The molecular weight excluding hydrogens is 348 g/mol. The maximum atomic E-state index is 12.9. The van der Waals surface area contributed by atoms with Gasteiger partial charge in [0.2, 0.25) is 0 Å². The number of anilines is 1. The van der Waals surface area contributed by atoms with Gasteiger partial charge in [-0.3, -0.25) is 9.10 Å². The van der Waals surface area contributed by atoms with Gasteiger partial charge < -0.3 is 5.32 Å². The van der Waals surface area contributed by atoms with Crippen LogP contribution in [0.2, 0.25) is 0 Å². The highest BCUT2D eigenvalue weighted by Crippen LogP contribution is 2.27. The lowest BCUT2D eigenvalue weighted by atomic mass is 10.1. The number of carbonyl (C=O) groups is 1. The molecule has 26 heavy (non-hydrogen) atoms. The quantitative estimate of drug-likeness (QED) is 0.888. The van der Waals surface area contributed by atoms with Crippen molar-refractivity contribution in [3.05, 3.63) is 59.2 Å². The third-order valence-corrected chi connectivity index (χ3v) is 5.76. The predicted molar refractivity (Wildman–Crippen MR) is 105 cm³/mol. The topological polar surface area (TPSA) is 66.5 Å². The van der Waals surface area contributed by atoms with Crippen molar-refractivity contribution in [2.24, 2.45) is 0 Å². The molecule has 2 rings (SSSR count). The molecule has 0 fully saturated rings. The molecular formula is C20H26N2O3S. The number of benzene rings is 2. The van der Waals surface area contributed by atoms with Crippen molar-refractivity contribution in [2.45, 2.75) is 45.1 Å². The highest BCUT2D eigenvalue weighted by molar-refractivity contribution is 7.92. The number of amides is 1. The molecule has 140 valence electrons. The second-order valence-corrected chi connectivity index (χ2v) is 9.46. The van der Waals surface area contributed by atoms with Gasteiger partial charge in [-0.1, -0.05) is 23.8 Å². The van der Waals surface area contributed by atoms with E-state index in [9.17, 15) is 13.2 Å². The summed E-state index contributed by atoms with van der Waals surface area (Å²) < 4.78 is 27.1. The Balaban J connectivity index is 2.42. The SMILES string of the molecule is Cc1ccc(S(=O)(=O)N(C)c2cc(C(=O)NC(C)(C)C)ccc2C)cc1. The first-order valence-electron chi connectivity index (χ1n) is 8.40. The van der Waals surface area contributed by atoms with Crippen molar-refractivity contribution < 1.29 is 13.2 Å². The summed E-state index contributed by atoms with van der Waals surface area (Å²) in [5, 5.41) is 2.89. The number of carbonyl (C=O) groups excluding carboxylic acids is 1. The Kier molecular flexibility index (Phi) is 5.47. The maximum Gasteiger partial charge on any atom is 0.264 e. The van der Waals surface area contributed by atoms with Crippen LogP contribution in [0.1, 0.15) is 42.3 Å². The third kappa shape index (κ3) is 4.43. The van der Waals surface area contributed by atoms with E-state index < -0.39 is 10.0 Å². The zero-order valence-corrected chi connectivity index (χ0v) is 16.9. The Bertz CT molecular complexity index is 911. The summed E-state index contributed by atoms with van der Waals surface area (Å²) in [6, 6.07) is 11.8. The van der Waals surface area contributed by atoms with Crippen LogP contribution in [0.3, 0.4) is 0 Å². The van der Waals surface area contributed by atoms with Gasteiger partial charge in [0.15, 0.2) is 0 Å². The van der Waals surface area contributed by atoms with Crippen LogP contribution in [0, 0.1) is 13.8 Å². The average molecular weight is 375 g/mol. The van der Waals surface area contributed by atoms with Crippen molar-refractivity contribution in [2.75, 3.05) is 11.4 Å². The number of rotatable bonds is 4. The fraction of sp³-hybridized carbons (Fsp3) is 0.350. The average Bonchev–Trinajstić information content (AvgIpc) is 2.53. The van der Waals surface area contributed by atoms with E-state index in [-0.39, 0.29) is 16.3 Å². The van der Waals surface area contributed by atoms with Gasteiger partial charge in [0.1, 0.15) is 0 Å². The molecule has 5 nitrogen and oxygen atoms in total. The van der Waals surface area contributed by atoms with Crippen molar-refractivity contribution >= 4 is 21.6 Å². The Morgan fingerprint density at radius 1 is 1.00 bits per heavy atom. The number of nitrogens with one attached hydrogen (secondary N) is 1. The fourth-order valence-corrected chi connectivity index (χ4v) is 3.75. The van der Waals surface area contributed by atoms with Crippen molar-refractivity contribution in [1.82, 2.24) is 5.32 Å². The molecule has 0 aliphatic rings. The minimum absolute atomic E-state index is 0.217. The zero-order valence-electron chi connectivity index (χ0n) is 16.1. The molecule has 1 N–H and O–H groups in total. The molecule has 0 radical (unpaired) electrons. The number of sulfonamides is 1. The van der Waals surface area contributed by atoms with Crippen LogP contribution in [-0.2, 0) is 10.0 Å². The van der Waals surface area contributed by atoms with Gasteiger partial charge >= 0.3 is 0 Å². The molecule has 0 spiro atoms.